The second-order valence-electron chi connectivity index (χ2n) is 5.05. The molecule has 0 amide bonds. The van der Waals surface area contributed by atoms with E-state index in [1.165, 1.54) is 5.56 Å². The third kappa shape index (κ3) is 3.70. The minimum atomic E-state index is 0.481. The van der Waals surface area contributed by atoms with E-state index in [0.717, 1.165) is 28.2 Å². The number of nitrogens with zero attached hydrogens (tertiary/aromatic N) is 1. The average Bonchev–Trinajstić information content (AvgIpc) is 2.78. The van der Waals surface area contributed by atoms with Crippen LogP contribution < -0.4 is 10.7 Å². The van der Waals surface area contributed by atoms with Gasteiger partial charge >= 0.3 is 0 Å². The number of aryl methyl sites for hydroxylation is 3. The van der Waals surface area contributed by atoms with E-state index >= 15 is 0 Å². The minimum absolute atomic E-state index is 0.481. The van der Waals surface area contributed by atoms with Crippen molar-refractivity contribution >= 4 is 28.7 Å². The molecule has 3 N–H and O–H groups in total. The Morgan fingerprint density at radius 2 is 1.86 bits per heavy atom. The summed E-state index contributed by atoms with van der Waals surface area (Å²) in [6, 6.07) is 7.99. The molecule has 0 saturated carbocycles. The standard InChI is InChI=1S/C16H20N4S/c1-10-7-5-6-8-14(10)18-16(21)20-19-13(4)15-11(2)9-17-12(15)3/h5-9,17H,1-4H3,(H2,18,20,21)/b19-13+. The number of H-pyrrole nitrogens is 1. The minimum Gasteiger partial charge on any atom is -0.364 e. The predicted molar refractivity (Wildman–Crippen MR) is 93.0 cm³/mol. The van der Waals surface area contributed by atoms with Crippen molar-refractivity contribution in [2.24, 2.45) is 5.10 Å². The van der Waals surface area contributed by atoms with Crippen LogP contribution in [0.15, 0.2) is 35.6 Å². The first-order chi connectivity index (χ1) is 9.99. The summed E-state index contributed by atoms with van der Waals surface area (Å²) in [6.45, 7) is 8.09. The van der Waals surface area contributed by atoms with E-state index in [2.05, 4.69) is 27.8 Å². The van der Waals surface area contributed by atoms with E-state index in [0.29, 0.717) is 5.11 Å². The van der Waals surface area contributed by atoms with Crippen molar-refractivity contribution in [3.8, 4) is 0 Å². The van der Waals surface area contributed by atoms with Gasteiger partial charge in [-0.05, 0) is 57.1 Å². The molecule has 0 spiro atoms. The van der Waals surface area contributed by atoms with Crippen LogP contribution in [0.1, 0.15) is 29.3 Å². The van der Waals surface area contributed by atoms with Crippen molar-refractivity contribution in [1.29, 1.82) is 0 Å². The van der Waals surface area contributed by atoms with Crippen LogP contribution >= 0.6 is 12.2 Å². The lowest BCUT2D eigenvalue weighted by Gasteiger charge is -2.10. The normalized spacial score (nSPS) is 11.3. The third-order valence-electron chi connectivity index (χ3n) is 3.35. The second kappa shape index (κ2) is 6.54. The predicted octanol–water partition coefficient (Wildman–Crippen LogP) is 3.65. The lowest BCUT2D eigenvalue weighted by molar-refractivity contribution is 1.03. The van der Waals surface area contributed by atoms with Crippen LogP contribution in [0.3, 0.4) is 0 Å². The zero-order valence-corrected chi connectivity index (χ0v) is 13.6. The lowest BCUT2D eigenvalue weighted by atomic mass is 10.1. The van der Waals surface area contributed by atoms with Crippen LogP contribution in [0, 0.1) is 20.8 Å². The quantitative estimate of drug-likeness (QED) is 0.461. The highest BCUT2D eigenvalue weighted by Crippen LogP contribution is 2.14. The number of nitrogens with one attached hydrogen (secondary N) is 3. The molecular formula is C16H20N4S. The lowest BCUT2D eigenvalue weighted by Crippen LogP contribution is -2.25. The summed E-state index contributed by atoms with van der Waals surface area (Å²) in [5, 5.41) is 7.98. The average molecular weight is 300 g/mol. The van der Waals surface area contributed by atoms with Crippen molar-refractivity contribution in [1.82, 2.24) is 10.4 Å². The Morgan fingerprint density at radius 3 is 2.48 bits per heavy atom. The first kappa shape index (κ1) is 15.3. The Hall–Kier alpha value is -2.14. The molecule has 21 heavy (non-hydrogen) atoms. The van der Waals surface area contributed by atoms with Crippen molar-refractivity contribution in [2.45, 2.75) is 27.7 Å². The van der Waals surface area contributed by atoms with Gasteiger partial charge in [0.15, 0.2) is 5.11 Å². The van der Waals surface area contributed by atoms with Gasteiger partial charge in [0.1, 0.15) is 0 Å². The number of thiocarbonyl (C=S) groups is 1. The van der Waals surface area contributed by atoms with Gasteiger partial charge in [-0.2, -0.15) is 5.10 Å². The first-order valence-electron chi connectivity index (χ1n) is 6.81. The van der Waals surface area contributed by atoms with Crippen LogP contribution in [-0.2, 0) is 0 Å². The monoisotopic (exact) mass is 300 g/mol. The number of para-hydroxylation sites is 1. The van der Waals surface area contributed by atoms with Gasteiger partial charge < -0.3 is 10.3 Å². The Morgan fingerprint density at radius 1 is 1.14 bits per heavy atom. The molecule has 2 aromatic rings. The Bertz CT molecular complexity index is 666. The van der Waals surface area contributed by atoms with Gasteiger partial charge in [-0.15, -0.1) is 0 Å². The zero-order valence-electron chi connectivity index (χ0n) is 12.7. The highest BCUT2D eigenvalue weighted by Gasteiger charge is 2.08. The molecule has 110 valence electrons. The number of anilines is 1. The topological polar surface area (TPSA) is 52.2 Å². The Balaban J connectivity index is 2.04. The van der Waals surface area contributed by atoms with Crippen LogP contribution in [-0.4, -0.2) is 15.8 Å². The third-order valence-corrected chi connectivity index (χ3v) is 3.55. The largest absolute Gasteiger partial charge is 0.364 e. The van der Waals surface area contributed by atoms with Crippen LogP contribution in [0.2, 0.25) is 0 Å². The molecule has 0 fully saturated rings. The maximum Gasteiger partial charge on any atom is 0.191 e. The molecular weight excluding hydrogens is 280 g/mol. The summed E-state index contributed by atoms with van der Waals surface area (Å²) in [5.74, 6) is 0. The van der Waals surface area contributed by atoms with Crippen molar-refractivity contribution in [3.63, 3.8) is 0 Å². The smallest absolute Gasteiger partial charge is 0.191 e. The zero-order chi connectivity index (χ0) is 15.4. The molecule has 0 unspecified atom stereocenters. The summed E-state index contributed by atoms with van der Waals surface area (Å²) in [7, 11) is 0. The number of hydrogen-bond donors (Lipinski definition) is 3. The van der Waals surface area contributed by atoms with Gasteiger partial charge in [0.25, 0.3) is 0 Å². The molecule has 0 atom stereocenters. The first-order valence-corrected chi connectivity index (χ1v) is 7.21. The number of hydrazone groups is 1. The highest BCUT2D eigenvalue weighted by atomic mass is 32.1. The molecule has 0 bridgehead atoms. The van der Waals surface area contributed by atoms with E-state index in [1.807, 2.05) is 51.2 Å². The molecule has 0 aliphatic carbocycles. The molecule has 4 nitrogen and oxygen atoms in total. The number of benzene rings is 1. The van der Waals surface area contributed by atoms with Gasteiger partial charge in [-0.1, -0.05) is 18.2 Å². The van der Waals surface area contributed by atoms with E-state index in [9.17, 15) is 0 Å². The highest BCUT2D eigenvalue weighted by molar-refractivity contribution is 7.80. The molecule has 0 saturated heterocycles. The second-order valence-corrected chi connectivity index (χ2v) is 5.46. The fraction of sp³-hybridized carbons (Fsp3) is 0.250. The number of aromatic amines is 1. The maximum absolute atomic E-state index is 5.27. The molecule has 0 radical (unpaired) electrons. The fourth-order valence-corrected chi connectivity index (χ4v) is 2.42. The van der Waals surface area contributed by atoms with Gasteiger partial charge in [-0.25, -0.2) is 0 Å². The van der Waals surface area contributed by atoms with Crippen LogP contribution in [0.25, 0.3) is 0 Å². The summed E-state index contributed by atoms with van der Waals surface area (Å²) >= 11 is 5.27. The van der Waals surface area contributed by atoms with Crippen LogP contribution in [0.4, 0.5) is 5.69 Å². The molecule has 1 aromatic heterocycles. The SMILES string of the molecule is C/C(=N\NC(=S)Nc1ccccc1C)c1c(C)c[nH]c1C. The molecule has 5 heteroatoms. The Kier molecular flexibility index (Phi) is 4.75. The fourth-order valence-electron chi connectivity index (χ4n) is 2.27. The summed E-state index contributed by atoms with van der Waals surface area (Å²) < 4.78 is 0. The number of aromatic nitrogens is 1. The van der Waals surface area contributed by atoms with Crippen molar-refractivity contribution in [3.05, 3.63) is 52.8 Å². The summed E-state index contributed by atoms with van der Waals surface area (Å²) in [4.78, 5) is 3.20. The van der Waals surface area contributed by atoms with E-state index < -0.39 is 0 Å². The van der Waals surface area contributed by atoms with E-state index in [-0.39, 0.29) is 0 Å². The van der Waals surface area contributed by atoms with Gasteiger partial charge in [-0.3, -0.25) is 5.43 Å². The summed E-state index contributed by atoms with van der Waals surface area (Å²) in [6.07, 6.45) is 1.98. The van der Waals surface area contributed by atoms with Gasteiger partial charge in [0.2, 0.25) is 0 Å². The molecule has 1 aromatic carbocycles. The van der Waals surface area contributed by atoms with E-state index in [1.54, 1.807) is 0 Å². The number of hydrogen-bond acceptors (Lipinski definition) is 2. The van der Waals surface area contributed by atoms with Crippen LogP contribution in [0.5, 0.6) is 0 Å². The molecule has 0 aliphatic heterocycles. The van der Waals surface area contributed by atoms with Crippen molar-refractivity contribution < 1.29 is 0 Å². The summed E-state index contributed by atoms with van der Waals surface area (Å²) in [5.41, 5.74) is 9.33. The molecule has 2 rings (SSSR count). The van der Waals surface area contributed by atoms with E-state index in [4.69, 9.17) is 12.2 Å². The van der Waals surface area contributed by atoms with Gasteiger partial charge in [0.05, 0.1) is 5.71 Å². The van der Waals surface area contributed by atoms with Crippen molar-refractivity contribution in [2.75, 3.05) is 5.32 Å². The number of rotatable bonds is 3. The van der Waals surface area contributed by atoms with Gasteiger partial charge in [0, 0.05) is 23.1 Å². The Labute approximate surface area is 130 Å². The molecule has 1 heterocycles. The maximum atomic E-state index is 5.27. The molecule has 0 aliphatic rings.